The van der Waals surface area contributed by atoms with Crippen LogP contribution in [0.2, 0.25) is 0 Å². The second-order valence-corrected chi connectivity index (χ2v) is 6.25. The normalized spacial score (nSPS) is 11.7. The average molecular weight is 395 g/mol. The molecule has 2 aliphatic rings. The van der Waals surface area contributed by atoms with Crippen LogP contribution in [-0.4, -0.2) is 25.1 Å². The van der Waals surface area contributed by atoms with Crippen LogP contribution >= 0.6 is 0 Å². The third-order valence-corrected chi connectivity index (χ3v) is 4.04. The molecule has 5 rings (SSSR count). The van der Waals surface area contributed by atoms with E-state index in [1.807, 2.05) is 48.6 Å². The van der Waals surface area contributed by atoms with Gasteiger partial charge in [0.25, 0.3) is 0 Å². The van der Waals surface area contributed by atoms with E-state index >= 15 is 0 Å². The van der Waals surface area contributed by atoms with E-state index in [2.05, 4.69) is 60.2 Å². The molecule has 3 aromatic heterocycles. The molecule has 0 aromatic carbocycles. The summed E-state index contributed by atoms with van der Waals surface area (Å²) in [7, 11) is 0. The number of fused-ring (bicyclic) bond motifs is 8. The molecule has 0 spiro atoms. The van der Waals surface area contributed by atoms with Crippen molar-refractivity contribution in [2.24, 2.45) is 0 Å². The Morgan fingerprint density at radius 2 is 0.889 bits per heavy atom. The first-order valence-electron chi connectivity index (χ1n) is 8.29. The molecule has 2 N–H and O–H groups in total. The van der Waals surface area contributed by atoms with Crippen LogP contribution in [-0.2, 0) is 20.8 Å². The molecule has 3 aromatic rings. The Kier molecular flexibility index (Phi) is 4.83. The van der Waals surface area contributed by atoms with Gasteiger partial charge in [0.1, 0.15) is 0 Å². The van der Waals surface area contributed by atoms with Gasteiger partial charge in [-0.15, -0.1) is 0 Å². The Morgan fingerprint density at radius 3 is 1.15 bits per heavy atom. The van der Waals surface area contributed by atoms with Crippen molar-refractivity contribution in [1.82, 2.24) is 19.9 Å². The third kappa shape index (κ3) is 4.14. The van der Waals surface area contributed by atoms with Gasteiger partial charge in [0, 0.05) is 22.1 Å². The maximum atomic E-state index is 8.69. The van der Waals surface area contributed by atoms with Gasteiger partial charge >= 0.3 is 26.0 Å². The fraction of sp³-hybridized carbons (Fsp3) is 0. The summed E-state index contributed by atoms with van der Waals surface area (Å²) in [6.45, 7) is 0. The maximum absolute atomic E-state index is 8.69. The topological polar surface area (TPSA) is 74.4 Å². The molecule has 27 heavy (non-hydrogen) atoms. The number of H-pyrrole nitrogens is 2. The van der Waals surface area contributed by atoms with Crippen molar-refractivity contribution < 1.29 is 20.8 Å². The van der Waals surface area contributed by atoms with E-state index in [9.17, 15) is 0 Å². The minimum atomic E-state index is 0.500. The Morgan fingerprint density at radius 1 is 0.630 bits per heavy atom. The van der Waals surface area contributed by atoms with Crippen molar-refractivity contribution in [2.45, 2.75) is 0 Å². The second kappa shape index (κ2) is 7.58. The summed E-state index contributed by atoms with van der Waals surface area (Å²) in [5, 5.41) is 0.500. The van der Waals surface area contributed by atoms with E-state index in [4.69, 9.17) is 4.79 Å². The van der Waals surface area contributed by atoms with E-state index in [0.29, 0.717) is 5.18 Å². The minimum absolute atomic E-state index is 0.500. The number of aromatic nitrogens is 4. The van der Waals surface area contributed by atoms with Gasteiger partial charge < -0.3 is 9.97 Å². The molecule has 5 nitrogen and oxygen atoms in total. The summed E-state index contributed by atoms with van der Waals surface area (Å²) in [6, 6.07) is 16.4. The summed E-state index contributed by atoms with van der Waals surface area (Å²) >= 11 is 2.81. The predicted molar refractivity (Wildman–Crippen MR) is 106 cm³/mol. The molecule has 0 fully saturated rings. The van der Waals surface area contributed by atoms with Gasteiger partial charge in [-0.1, -0.05) is 0 Å². The van der Waals surface area contributed by atoms with Crippen LogP contribution in [0.3, 0.4) is 0 Å². The number of hydrogen-bond acceptors (Lipinski definition) is 3. The standard InChI is InChI=1S/C20H14N4.CHO.Fe/c1-2-14-10-16-5-6-18(23-16)12-20-8-7-19(24-20)11-17-4-3-15(22-17)9-13(1)21-14;1-2;/h1-12,21,24H;1H;. The van der Waals surface area contributed by atoms with E-state index in [1.165, 1.54) is 0 Å². The van der Waals surface area contributed by atoms with Crippen molar-refractivity contribution in [2.75, 3.05) is 0 Å². The van der Waals surface area contributed by atoms with Gasteiger partial charge in [-0.25, -0.2) is 9.97 Å². The van der Waals surface area contributed by atoms with E-state index in [1.54, 1.807) is 0 Å². The summed E-state index contributed by atoms with van der Waals surface area (Å²) < 4.78 is 0. The molecule has 0 amide bonds. The molecule has 0 aliphatic carbocycles. The summed E-state index contributed by atoms with van der Waals surface area (Å²) in [6.07, 6.45) is 8.09. The predicted octanol–water partition coefficient (Wildman–Crippen LogP) is 4.38. The van der Waals surface area contributed by atoms with Crippen molar-refractivity contribution >= 4 is 51.6 Å². The molecular formula is C21H15FeN4O. The average Bonchev–Trinajstić information content (AvgIpc) is 3.41. The second-order valence-electron chi connectivity index (χ2n) is 5.99. The fourth-order valence-electron chi connectivity index (χ4n) is 2.94. The first-order valence-corrected chi connectivity index (χ1v) is 8.92. The van der Waals surface area contributed by atoms with Gasteiger partial charge in [0.15, 0.2) is 0 Å². The molecule has 6 heteroatoms. The van der Waals surface area contributed by atoms with Crippen LogP contribution < -0.4 is 0 Å². The molecule has 0 radical (unpaired) electrons. The van der Waals surface area contributed by atoms with Gasteiger partial charge in [-0.2, -0.15) is 0 Å². The van der Waals surface area contributed by atoms with E-state index in [0.717, 1.165) is 44.8 Å². The zero-order valence-electron chi connectivity index (χ0n) is 14.2. The number of rotatable bonds is 0. The quantitative estimate of drug-likeness (QED) is 0.302. The monoisotopic (exact) mass is 395 g/mol. The Hall–Kier alpha value is -3.21. The number of nitrogens with one attached hydrogen (secondary N) is 2. The summed E-state index contributed by atoms with van der Waals surface area (Å²) in [5.74, 6) is 0. The molecule has 5 heterocycles. The van der Waals surface area contributed by atoms with Gasteiger partial charge in [0.2, 0.25) is 0 Å². The molecule has 8 bridgehead atoms. The van der Waals surface area contributed by atoms with Crippen molar-refractivity contribution in [3.63, 3.8) is 0 Å². The fourth-order valence-corrected chi connectivity index (χ4v) is 2.94. The molecule has 0 atom stereocenters. The van der Waals surface area contributed by atoms with Crippen LogP contribution in [0, 0.1) is 0 Å². The van der Waals surface area contributed by atoms with E-state index in [-0.39, 0.29) is 0 Å². The molecule has 0 saturated heterocycles. The molecule has 2 aliphatic heterocycles. The SMILES string of the molecule is C1=Cc2cc3ccc(cc4nc(cc5ccc(cc1n2)[nH]5)C=C4)[nH]3.O=[CH][Fe]. The number of carbonyl (C=O) groups excluding carboxylic acids is 1. The zero-order valence-corrected chi connectivity index (χ0v) is 15.3. The van der Waals surface area contributed by atoms with Crippen LogP contribution in [0.15, 0.2) is 48.5 Å². The number of nitrogens with zero attached hydrogens (tertiary/aromatic N) is 2. The van der Waals surface area contributed by atoms with Crippen LogP contribution in [0.1, 0.15) is 22.8 Å². The third-order valence-electron chi connectivity index (χ3n) is 4.04. The van der Waals surface area contributed by atoms with Gasteiger partial charge in [-0.05, 0) is 72.8 Å². The number of hydrogen-bond donors (Lipinski definition) is 2. The van der Waals surface area contributed by atoms with Gasteiger partial charge in [0.05, 0.1) is 22.8 Å². The molecule has 0 saturated carbocycles. The number of aromatic amines is 2. The van der Waals surface area contributed by atoms with Crippen LogP contribution in [0.4, 0.5) is 0 Å². The summed E-state index contributed by atoms with van der Waals surface area (Å²) in [5.41, 5.74) is 7.86. The Bertz CT molecular complexity index is 1040. The van der Waals surface area contributed by atoms with Crippen molar-refractivity contribution in [3.05, 3.63) is 71.3 Å². The van der Waals surface area contributed by atoms with Crippen molar-refractivity contribution in [1.29, 1.82) is 0 Å². The molecule has 0 unspecified atom stereocenters. The Balaban J connectivity index is 0.000000565. The van der Waals surface area contributed by atoms with Crippen LogP contribution in [0.25, 0.3) is 46.4 Å². The molecular weight excluding hydrogens is 380 g/mol. The molecule has 133 valence electrons. The zero-order chi connectivity index (χ0) is 18.6. The first-order chi connectivity index (χ1) is 13.2. The number of carbonyl (C=O) groups is 1. The van der Waals surface area contributed by atoms with Gasteiger partial charge in [-0.3, -0.25) is 0 Å². The Labute approximate surface area is 163 Å². The van der Waals surface area contributed by atoms with Crippen LogP contribution in [0.5, 0.6) is 0 Å². The summed E-state index contributed by atoms with van der Waals surface area (Å²) in [4.78, 5) is 24.7. The van der Waals surface area contributed by atoms with E-state index < -0.39 is 0 Å². The first kappa shape index (κ1) is 17.2. The van der Waals surface area contributed by atoms with Crippen molar-refractivity contribution in [3.8, 4) is 0 Å².